The maximum atomic E-state index is 11.2. The van der Waals surface area contributed by atoms with Crippen LogP contribution in [0.2, 0.25) is 0 Å². The van der Waals surface area contributed by atoms with Crippen molar-refractivity contribution in [2.45, 2.75) is 37.8 Å². The molecule has 5 heteroatoms. The van der Waals surface area contributed by atoms with Gasteiger partial charge in [-0.25, -0.2) is 0 Å². The summed E-state index contributed by atoms with van der Waals surface area (Å²) >= 11 is 0. The highest BCUT2D eigenvalue weighted by Gasteiger charge is 2.30. The van der Waals surface area contributed by atoms with E-state index in [1.165, 1.54) is 0 Å². The molecule has 2 aliphatic rings. The van der Waals surface area contributed by atoms with Gasteiger partial charge in [0, 0.05) is 26.3 Å². The number of piperidine rings is 1. The lowest BCUT2D eigenvalue weighted by Crippen LogP contribution is -2.49. The zero-order chi connectivity index (χ0) is 13.0. The zero-order valence-electron chi connectivity index (χ0n) is 11.1. The number of nitrogens with zero attached hydrogens (tertiary/aromatic N) is 1. The molecule has 0 aromatic heterocycles. The molecule has 0 radical (unpaired) electrons. The molecule has 1 unspecified atom stereocenters. The van der Waals surface area contributed by atoms with Gasteiger partial charge in [-0.15, -0.1) is 0 Å². The summed E-state index contributed by atoms with van der Waals surface area (Å²) in [5.74, 6) is -0.0770. The Kier molecular flexibility index (Phi) is 4.97. The number of hydrogen-bond donors (Lipinski definition) is 2. The monoisotopic (exact) mass is 256 g/mol. The highest BCUT2D eigenvalue weighted by molar-refractivity contribution is 5.73. The Morgan fingerprint density at radius 2 is 2.06 bits per heavy atom. The van der Waals surface area contributed by atoms with Gasteiger partial charge in [0.05, 0.1) is 0 Å². The maximum Gasteiger partial charge on any atom is 0.322 e. The number of carboxylic acid groups (broad SMARTS) is 1. The van der Waals surface area contributed by atoms with Crippen molar-refractivity contribution in [1.82, 2.24) is 10.2 Å². The van der Waals surface area contributed by atoms with E-state index in [1.807, 2.05) is 0 Å². The van der Waals surface area contributed by atoms with Crippen molar-refractivity contribution in [2.75, 3.05) is 33.4 Å². The van der Waals surface area contributed by atoms with E-state index in [4.69, 9.17) is 4.74 Å². The van der Waals surface area contributed by atoms with E-state index in [9.17, 15) is 9.90 Å². The third-order valence-electron chi connectivity index (χ3n) is 3.86. The second-order valence-corrected chi connectivity index (χ2v) is 5.53. The van der Waals surface area contributed by atoms with Crippen LogP contribution in [-0.2, 0) is 9.53 Å². The minimum Gasteiger partial charge on any atom is -0.480 e. The molecule has 1 atom stereocenters. The Morgan fingerprint density at radius 3 is 2.56 bits per heavy atom. The Hall–Kier alpha value is -0.650. The van der Waals surface area contributed by atoms with E-state index < -0.39 is 12.0 Å². The highest BCUT2D eigenvalue weighted by Crippen LogP contribution is 2.21. The number of ether oxygens (including phenoxy) is 1. The average Bonchev–Trinajstić information content (AvgIpc) is 3.15. The quantitative estimate of drug-likeness (QED) is 0.696. The third kappa shape index (κ3) is 4.23. The SMILES string of the molecule is COCC1CCN(CC(NC2CC2)C(=O)O)CC1. The van der Waals surface area contributed by atoms with Gasteiger partial charge in [0.2, 0.25) is 0 Å². The molecule has 0 aromatic rings. The fourth-order valence-corrected chi connectivity index (χ4v) is 2.57. The number of hydrogen-bond acceptors (Lipinski definition) is 4. The van der Waals surface area contributed by atoms with Crippen LogP contribution in [0.4, 0.5) is 0 Å². The topological polar surface area (TPSA) is 61.8 Å². The molecule has 18 heavy (non-hydrogen) atoms. The molecule has 0 bridgehead atoms. The van der Waals surface area contributed by atoms with E-state index >= 15 is 0 Å². The van der Waals surface area contributed by atoms with E-state index in [0.29, 0.717) is 18.5 Å². The lowest BCUT2D eigenvalue weighted by molar-refractivity contribution is -0.140. The van der Waals surface area contributed by atoms with Crippen LogP contribution in [0.5, 0.6) is 0 Å². The zero-order valence-corrected chi connectivity index (χ0v) is 11.1. The predicted molar refractivity (Wildman–Crippen MR) is 68.6 cm³/mol. The van der Waals surface area contributed by atoms with Gasteiger partial charge >= 0.3 is 5.97 Å². The number of likely N-dealkylation sites (tertiary alicyclic amines) is 1. The largest absolute Gasteiger partial charge is 0.480 e. The molecule has 0 aromatic carbocycles. The van der Waals surface area contributed by atoms with Crippen molar-refractivity contribution in [3.05, 3.63) is 0 Å². The Balaban J connectivity index is 1.72. The van der Waals surface area contributed by atoms with Gasteiger partial charge in [0.25, 0.3) is 0 Å². The molecule has 1 saturated carbocycles. The van der Waals surface area contributed by atoms with E-state index in [0.717, 1.165) is 45.4 Å². The summed E-state index contributed by atoms with van der Waals surface area (Å²) < 4.78 is 5.17. The average molecular weight is 256 g/mol. The molecule has 0 spiro atoms. The Morgan fingerprint density at radius 1 is 1.39 bits per heavy atom. The van der Waals surface area contributed by atoms with Gasteiger partial charge in [-0.3, -0.25) is 4.79 Å². The molecule has 2 rings (SSSR count). The fourth-order valence-electron chi connectivity index (χ4n) is 2.57. The number of carbonyl (C=O) groups is 1. The van der Waals surface area contributed by atoms with E-state index in [2.05, 4.69) is 10.2 Å². The van der Waals surface area contributed by atoms with Gasteiger partial charge < -0.3 is 20.1 Å². The lowest BCUT2D eigenvalue weighted by atomic mass is 9.97. The summed E-state index contributed by atoms with van der Waals surface area (Å²) in [6, 6.07) is 0.0357. The van der Waals surface area contributed by atoms with E-state index in [1.54, 1.807) is 7.11 Å². The first-order valence-electron chi connectivity index (χ1n) is 6.89. The standard InChI is InChI=1S/C13H24N2O3/c1-18-9-10-4-6-15(7-5-10)8-12(13(16)17)14-11-2-3-11/h10-12,14H,2-9H2,1H3,(H,16,17). The summed E-state index contributed by atoms with van der Waals surface area (Å²) in [5, 5.41) is 12.4. The fraction of sp³-hybridized carbons (Fsp3) is 0.923. The first kappa shape index (κ1) is 13.8. The van der Waals surface area contributed by atoms with Crippen molar-refractivity contribution >= 4 is 5.97 Å². The third-order valence-corrected chi connectivity index (χ3v) is 3.86. The molecule has 1 saturated heterocycles. The molecule has 1 aliphatic carbocycles. The molecule has 5 nitrogen and oxygen atoms in total. The highest BCUT2D eigenvalue weighted by atomic mass is 16.5. The first-order valence-corrected chi connectivity index (χ1v) is 6.89. The van der Waals surface area contributed by atoms with Gasteiger partial charge in [-0.2, -0.15) is 0 Å². The summed E-state index contributed by atoms with van der Waals surface area (Å²) in [4.78, 5) is 13.5. The van der Waals surface area contributed by atoms with Gasteiger partial charge in [0.1, 0.15) is 6.04 Å². The van der Waals surface area contributed by atoms with Crippen LogP contribution < -0.4 is 5.32 Å². The number of nitrogens with one attached hydrogen (secondary N) is 1. The molecule has 1 heterocycles. The second-order valence-electron chi connectivity index (χ2n) is 5.53. The van der Waals surface area contributed by atoms with Crippen molar-refractivity contribution in [3.8, 4) is 0 Å². The number of rotatable bonds is 7. The van der Waals surface area contributed by atoms with Crippen LogP contribution >= 0.6 is 0 Å². The van der Waals surface area contributed by atoms with Crippen LogP contribution in [-0.4, -0.2) is 61.4 Å². The van der Waals surface area contributed by atoms with Gasteiger partial charge in [-0.1, -0.05) is 0 Å². The molecular formula is C13H24N2O3. The summed E-state index contributed by atoms with van der Waals surface area (Å²) in [5.41, 5.74) is 0. The minimum atomic E-state index is -0.721. The number of carboxylic acids is 1. The molecule has 104 valence electrons. The van der Waals surface area contributed by atoms with Gasteiger partial charge in [0.15, 0.2) is 0 Å². The van der Waals surface area contributed by atoms with Gasteiger partial charge in [-0.05, 0) is 44.7 Å². The summed E-state index contributed by atoms with van der Waals surface area (Å²) in [7, 11) is 1.74. The molecular weight excluding hydrogens is 232 g/mol. The van der Waals surface area contributed by atoms with Crippen LogP contribution in [0.3, 0.4) is 0 Å². The van der Waals surface area contributed by atoms with Crippen molar-refractivity contribution in [3.63, 3.8) is 0 Å². The minimum absolute atomic E-state index is 0.406. The van der Waals surface area contributed by atoms with Crippen molar-refractivity contribution in [1.29, 1.82) is 0 Å². The Bertz CT molecular complexity index is 273. The first-order chi connectivity index (χ1) is 8.69. The predicted octanol–water partition coefficient (Wildman–Crippen LogP) is 0.550. The van der Waals surface area contributed by atoms with Crippen LogP contribution in [0, 0.1) is 5.92 Å². The normalized spacial score (nSPS) is 24.1. The van der Waals surface area contributed by atoms with Crippen LogP contribution in [0.25, 0.3) is 0 Å². The molecule has 1 aliphatic heterocycles. The molecule has 2 fully saturated rings. The smallest absolute Gasteiger partial charge is 0.322 e. The maximum absolute atomic E-state index is 11.2. The van der Waals surface area contributed by atoms with Crippen molar-refractivity contribution < 1.29 is 14.6 Å². The van der Waals surface area contributed by atoms with Crippen LogP contribution in [0.15, 0.2) is 0 Å². The van der Waals surface area contributed by atoms with Crippen molar-refractivity contribution in [2.24, 2.45) is 5.92 Å². The summed E-state index contributed by atoms with van der Waals surface area (Å²) in [6.45, 7) is 3.44. The summed E-state index contributed by atoms with van der Waals surface area (Å²) in [6.07, 6.45) is 4.48. The Labute approximate surface area is 108 Å². The van der Waals surface area contributed by atoms with E-state index in [-0.39, 0.29) is 0 Å². The number of methoxy groups -OCH3 is 1. The number of aliphatic carboxylic acids is 1. The molecule has 2 N–H and O–H groups in total. The second kappa shape index (κ2) is 6.50. The molecule has 0 amide bonds. The lowest BCUT2D eigenvalue weighted by Gasteiger charge is -2.33. The van der Waals surface area contributed by atoms with Crippen LogP contribution in [0.1, 0.15) is 25.7 Å².